The molecule has 0 aliphatic rings. The van der Waals surface area contributed by atoms with Crippen molar-refractivity contribution in [2.24, 2.45) is 0 Å². The molecule has 1 atom stereocenters. The molecule has 5 heteroatoms. The van der Waals surface area contributed by atoms with Crippen molar-refractivity contribution in [3.8, 4) is 0 Å². The highest BCUT2D eigenvalue weighted by Crippen LogP contribution is 2.18. The van der Waals surface area contributed by atoms with Gasteiger partial charge in [0.05, 0.1) is 0 Å². The van der Waals surface area contributed by atoms with Crippen molar-refractivity contribution < 1.29 is 0 Å². The quantitative estimate of drug-likeness (QED) is 0.732. The largest absolute Gasteiger partial charge is 0.346 e. The zero-order valence-electron chi connectivity index (χ0n) is 8.83. The van der Waals surface area contributed by atoms with Crippen LogP contribution in [0, 0.1) is 0 Å². The van der Waals surface area contributed by atoms with Gasteiger partial charge in [-0.15, -0.1) is 11.6 Å². The lowest BCUT2D eigenvalue weighted by Gasteiger charge is -2.21. The van der Waals surface area contributed by atoms with Crippen LogP contribution in [0.5, 0.6) is 0 Å². The molecule has 1 aromatic rings. The Labute approximate surface area is 94.3 Å². The number of aromatic nitrogens is 2. The van der Waals surface area contributed by atoms with Crippen LogP contribution >= 0.6 is 23.1 Å². The Morgan fingerprint density at radius 1 is 1.57 bits per heavy atom. The maximum absolute atomic E-state index is 5.78. The number of rotatable bonds is 5. The second-order valence-corrected chi connectivity index (χ2v) is 4.40. The topological polar surface area (TPSA) is 29.0 Å². The van der Waals surface area contributed by atoms with E-state index in [0.717, 1.165) is 23.8 Å². The van der Waals surface area contributed by atoms with Crippen LogP contribution in [-0.4, -0.2) is 28.3 Å². The van der Waals surface area contributed by atoms with Gasteiger partial charge >= 0.3 is 0 Å². The average molecular weight is 234 g/mol. The first-order valence-electron chi connectivity index (χ1n) is 4.80. The van der Waals surface area contributed by atoms with E-state index in [2.05, 4.69) is 28.1 Å². The second-order valence-electron chi connectivity index (χ2n) is 3.36. The molecule has 0 spiro atoms. The Morgan fingerprint density at radius 3 is 2.86 bits per heavy atom. The Hall–Kier alpha value is -0.350. The van der Waals surface area contributed by atoms with E-state index in [1.165, 1.54) is 11.5 Å². The second kappa shape index (κ2) is 5.51. The minimum atomic E-state index is 0.305. The SMILES string of the molecule is CCCc1nsc(N(C)C(C)CCl)n1. The molecule has 3 nitrogen and oxygen atoms in total. The average Bonchev–Trinajstić information content (AvgIpc) is 2.64. The van der Waals surface area contributed by atoms with E-state index in [1.54, 1.807) is 0 Å². The van der Waals surface area contributed by atoms with Gasteiger partial charge in [-0.25, -0.2) is 4.98 Å². The van der Waals surface area contributed by atoms with Crippen LogP contribution in [0.4, 0.5) is 5.13 Å². The van der Waals surface area contributed by atoms with E-state index in [1.807, 2.05) is 7.05 Å². The summed E-state index contributed by atoms with van der Waals surface area (Å²) in [6, 6.07) is 0.305. The van der Waals surface area contributed by atoms with Gasteiger partial charge in [-0.3, -0.25) is 0 Å². The van der Waals surface area contributed by atoms with Gasteiger partial charge in [-0.2, -0.15) is 4.37 Å². The van der Waals surface area contributed by atoms with Gasteiger partial charge in [0.1, 0.15) is 5.82 Å². The summed E-state index contributed by atoms with van der Waals surface area (Å²) in [5.41, 5.74) is 0. The summed E-state index contributed by atoms with van der Waals surface area (Å²) >= 11 is 7.23. The third kappa shape index (κ3) is 2.82. The van der Waals surface area contributed by atoms with Crippen molar-refractivity contribution in [3.63, 3.8) is 0 Å². The van der Waals surface area contributed by atoms with Crippen LogP contribution in [0.3, 0.4) is 0 Å². The summed E-state index contributed by atoms with van der Waals surface area (Å²) in [6.45, 7) is 4.21. The van der Waals surface area contributed by atoms with Crippen LogP contribution in [0.15, 0.2) is 0 Å². The van der Waals surface area contributed by atoms with Crippen LogP contribution < -0.4 is 4.90 Å². The van der Waals surface area contributed by atoms with Gasteiger partial charge in [0, 0.05) is 36.9 Å². The first-order chi connectivity index (χ1) is 6.69. The van der Waals surface area contributed by atoms with Crippen molar-refractivity contribution in [1.82, 2.24) is 9.36 Å². The van der Waals surface area contributed by atoms with E-state index in [9.17, 15) is 0 Å². The monoisotopic (exact) mass is 233 g/mol. The number of alkyl halides is 1. The summed E-state index contributed by atoms with van der Waals surface area (Å²) in [6.07, 6.45) is 2.05. The van der Waals surface area contributed by atoms with Crippen LogP contribution in [-0.2, 0) is 6.42 Å². The molecule has 1 aromatic heterocycles. The lowest BCUT2D eigenvalue weighted by atomic mass is 10.3. The molecule has 1 rings (SSSR count). The molecule has 1 heterocycles. The summed E-state index contributed by atoms with van der Waals surface area (Å²) in [7, 11) is 2.00. The Kier molecular flexibility index (Phi) is 4.62. The molecule has 0 fully saturated rings. The maximum Gasteiger partial charge on any atom is 0.205 e. The zero-order valence-corrected chi connectivity index (χ0v) is 10.4. The predicted molar refractivity (Wildman–Crippen MR) is 62.5 cm³/mol. The van der Waals surface area contributed by atoms with E-state index in [0.29, 0.717) is 11.9 Å². The van der Waals surface area contributed by atoms with Crippen molar-refractivity contribution >= 4 is 28.3 Å². The van der Waals surface area contributed by atoms with Crippen molar-refractivity contribution in [3.05, 3.63) is 5.82 Å². The van der Waals surface area contributed by atoms with Crippen LogP contribution in [0.1, 0.15) is 26.1 Å². The molecule has 0 bridgehead atoms. The Bertz CT molecular complexity index is 277. The van der Waals surface area contributed by atoms with Gasteiger partial charge in [0.15, 0.2) is 0 Å². The number of anilines is 1. The normalized spacial score (nSPS) is 12.9. The van der Waals surface area contributed by atoms with Gasteiger partial charge < -0.3 is 4.90 Å². The fourth-order valence-electron chi connectivity index (χ4n) is 1.01. The summed E-state index contributed by atoms with van der Waals surface area (Å²) in [4.78, 5) is 6.52. The van der Waals surface area contributed by atoms with Crippen molar-refractivity contribution in [2.75, 3.05) is 17.8 Å². The third-order valence-corrected chi connectivity index (χ3v) is 3.41. The minimum absolute atomic E-state index is 0.305. The zero-order chi connectivity index (χ0) is 10.6. The number of aryl methyl sites for hydroxylation is 1. The molecule has 0 N–H and O–H groups in total. The Balaban J connectivity index is 2.65. The fraction of sp³-hybridized carbons (Fsp3) is 0.778. The van der Waals surface area contributed by atoms with Gasteiger partial charge in [0.2, 0.25) is 5.13 Å². The number of hydrogen-bond acceptors (Lipinski definition) is 4. The third-order valence-electron chi connectivity index (χ3n) is 2.12. The highest BCUT2D eigenvalue weighted by atomic mass is 35.5. The first-order valence-corrected chi connectivity index (χ1v) is 6.11. The highest BCUT2D eigenvalue weighted by molar-refractivity contribution is 7.09. The molecular weight excluding hydrogens is 218 g/mol. The fourth-order valence-corrected chi connectivity index (χ4v) is 1.99. The highest BCUT2D eigenvalue weighted by Gasteiger charge is 2.13. The molecule has 0 saturated carbocycles. The summed E-state index contributed by atoms with van der Waals surface area (Å²) in [5, 5.41) is 0.960. The molecule has 1 unspecified atom stereocenters. The predicted octanol–water partition coefficient (Wildman–Crippen LogP) is 2.55. The number of nitrogens with zero attached hydrogens (tertiary/aromatic N) is 3. The van der Waals surface area contributed by atoms with E-state index in [4.69, 9.17) is 11.6 Å². The van der Waals surface area contributed by atoms with Crippen molar-refractivity contribution in [2.45, 2.75) is 32.7 Å². The molecule has 0 aliphatic heterocycles. The molecule has 0 aliphatic carbocycles. The lowest BCUT2D eigenvalue weighted by Crippen LogP contribution is -2.29. The maximum atomic E-state index is 5.78. The molecule has 0 radical (unpaired) electrons. The van der Waals surface area contributed by atoms with E-state index < -0.39 is 0 Å². The number of halogens is 1. The standard InChI is InChI=1S/C9H16ClN3S/c1-4-5-8-11-9(14-12-8)13(3)7(2)6-10/h7H,4-6H2,1-3H3. The summed E-state index contributed by atoms with van der Waals surface area (Å²) in [5.74, 6) is 1.56. The lowest BCUT2D eigenvalue weighted by molar-refractivity contribution is 0.752. The Morgan fingerprint density at radius 2 is 2.29 bits per heavy atom. The molecular formula is C9H16ClN3S. The molecule has 0 aromatic carbocycles. The van der Waals surface area contributed by atoms with E-state index >= 15 is 0 Å². The van der Waals surface area contributed by atoms with Crippen LogP contribution in [0.25, 0.3) is 0 Å². The van der Waals surface area contributed by atoms with Crippen molar-refractivity contribution in [1.29, 1.82) is 0 Å². The van der Waals surface area contributed by atoms with Gasteiger partial charge in [0.25, 0.3) is 0 Å². The van der Waals surface area contributed by atoms with Crippen LogP contribution in [0.2, 0.25) is 0 Å². The molecule has 0 saturated heterocycles. The molecule has 0 amide bonds. The summed E-state index contributed by atoms with van der Waals surface area (Å²) < 4.78 is 4.29. The molecule has 80 valence electrons. The first kappa shape index (κ1) is 11.7. The smallest absolute Gasteiger partial charge is 0.205 e. The van der Waals surface area contributed by atoms with Gasteiger partial charge in [-0.1, -0.05) is 6.92 Å². The minimum Gasteiger partial charge on any atom is -0.346 e. The van der Waals surface area contributed by atoms with Gasteiger partial charge in [-0.05, 0) is 13.3 Å². The van der Waals surface area contributed by atoms with E-state index in [-0.39, 0.29) is 0 Å². The number of hydrogen-bond donors (Lipinski definition) is 0. The molecule has 14 heavy (non-hydrogen) atoms.